The zero-order chi connectivity index (χ0) is 22.6. The Morgan fingerprint density at radius 3 is 2.69 bits per heavy atom. The van der Waals surface area contributed by atoms with E-state index >= 15 is 0 Å². The molecule has 32 heavy (non-hydrogen) atoms. The first-order valence-electron chi connectivity index (χ1n) is 12.4. The number of aliphatic hydroxyl groups is 1. The van der Waals surface area contributed by atoms with Gasteiger partial charge < -0.3 is 14.7 Å². The number of benzene rings is 1. The van der Waals surface area contributed by atoms with Crippen molar-refractivity contribution in [2.75, 3.05) is 37.6 Å². The van der Waals surface area contributed by atoms with Crippen LogP contribution in [-0.4, -0.2) is 60.9 Å². The highest BCUT2D eigenvalue weighted by molar-refractivity contribution is 5.76. The summed E-state index contributed by atoms with van der Waals surface area (Å²) in [6.45, 7) is 13.3. The van der Waals surface area contributed by atoms with Crippen LogP contribution in [0, 0.1) is 37.0 Å². The summed E-state index contributed by atoms with van der Waals surface area (Å²) in [4.78, 5) is 17.8. The van der Waals surface area contributed by atoms with Crippen LogP contribution in [0.2, 0.25) is 0 Å². The van der Waals surface area contributed by atoms with E-state index in [1.54, 1.807) is 0 Å². The van der Waals surface area contributed by atoms with Crippen LogP contribution < -0.4 is 4.90 Å². The van der Waals surface area contributed by atoms with Gasteiger partial charge in [0.1, 0.15) is 6.10 Å². The fraction of sp³-hybridized carbons (Fsp3) is 0.667. The van der Waals surface area contributed by atoms with Gasteiger partial charge in [0.15, 0.2) is 0 Å². The lowest BCUT2D eigenvalue weighted by Gasteiger charge is -2.52. The first-order chi connectivity index (χ1) is 15.3. The lowest BCUT2D eigenvalue weighted by atomic mass is 9.55. The van der Waals surface area contributed by atoms with E-state index in [2.05, 4.69) is 61.8 Å². The van der Waals surface area contributed by atoms with E-state index in [0.717, 1.165) is 45.4 Å². The number of anilines is 1. The Bertz CT molecular complexity index is 919. The molecule has 0 bridgehead atoms. The Hall–Kier alpha value is -1.85. The number of allylic oxidation sites excluding steroid dienone is 1. The summed E-state index contributed by atoms with van der Waals surface area (Å²) in [6.07, 6.45) is 4.59. The normalized spacial score (nSPS) is 37.5. The second-order valence-corrected chi connectivity index (χ2v) is 10.9. The lowest BCUT2D eigenvalue weighted by molar-refractivity contribution is -0.145. The molecular weight excluding hydrogens is 400 g/mol. The summed E-state index contributed by atoms with van der Waals surface area (Å²) >= 11 is 0. The Morgan fingerprint density at radius 1 is 1.19 bits per heavy atom. The molecule has 1 aromatic carbocycles. The van der Waals surface area contributed by atoms with Crippen molar-refractivity contribution in [2.24, 2.45) is 23.2 Å². The van der Waals surface area contributed by atoms with Crippen molar-refractivity contribution in [3.05, 3.63) is 41.0 Å². The number of aryl methyl sites for hydroxylation is 2. The van der Waals surface area contributed by atoms with Gasteiger partial charge in [-0.05, 0) is 49.8 Å². The SMILES string of the molecule is Cc1ccc(C)c(N2CCN(C[C@@H]3C(=O)O[C@@H]4CC5=CCC[C@H](C)[C@@]5(C)[C@H](O)[C@H]34)CC2)c1. The van der Waals surface area contributed by atoms with E-state index in [1.165, 1.54) is 22.4 Å². The molecule has 5 heteroatoms. The minimum atomic E-state index is -0.518. The van der Waals surface area contributed by atoms with Crippen LogP contribution in [0.4, 0.5) is 5.69 Å². The summed E-state index contributed by atoms with van der Waals surface area (Å²) in [6, 6.07) is 6.64. The predicted octanol–water partition coefficient (Wildman–Crippen LogP) is 3.71. The topological polar surface area (TPSA) is 53.0 Å². The lowest BCUT2D eigenvalue weighted by Crippen LogP contribution is -2.55. The van der Waals surface area contributed by atoms with Gasteiger partial charge in [0, 0.05) is 56.2 Å². The molecular formula is C27H38N2O3. The number of hydrogen-bond donors (Lipinski definition) is 1. The van der Waals surface area contributed by atoms with E-state index in [1.807, 2.05) is 0 Å². The third-order valence-electron chi connectivity index (χ3n) is 9.10. The van der Waals surface area contributed by atoms with Gasteiger partial charge in [0.2, 0.25) is 0 Å². The minimum Gasteiger partial charge on any atom is -0.461 e. The second kappa shape index (κ2) is 8.18. The Labute approximate surface area is 192 Å². The number of carbonyl (C=O) groups excluding carboxylic acids is 1. The summed E-state index contributed by atoms with van der Waals surface area (Å²) in [5.41, 5.74) is 5.01. The number of fused-ring (bicyclic) bond motifs is 2. The van der Waals surface area contributed by atoms with E-state index in [-0.39, 0.29) is 29.3 Å². The summed E-state index contributed by atoms with van der Waals surface area (Å²) in [7, 11) is 0. The van der Waals surface area contributed by atoms with Crippen molar-refractivity contribution in [1.82, 2.24) is 4.90 Å². The molecule has 4 aliphatic rings. The number of rotatable bonds is 3. The number of hydrogen-bond acceptors (Lipinski definition) is 5. The second-order valence-electron chi connectivity index (χ2n) is 10.9. The van der Waals surface area contributed by atoms with Crippen molar-refractivity contribution in [2.45, 2.75) is 59.2 Å². The standard InChI is InChI=1S/C27H38N2O3/c1-17-8-9-18(2)22(14-17)29-12-10-28(11-13-29)16-21-24-23(32-26(21)31)15-20-7-5-6-19(3)27(20,4)25(24)30/h7-9,14,19,21,23-25,30H,5-6,10-13,15-16H2,1-4H3/t19-,21-,23+,24+,25+,27+/m0/s1. The highest BCUT2D eigenvalue weighted by atomic mass is 16.6. The minimum absolute atomic E-state index is 0.0951. The summed E-state index contributed by atoms with van der Waals surface area (Å²) < 4.78 is 5.86. The third-order valence-corrected chi connectivity index (χ3v) is 9.10. The zero-order valence-electron chi connectivity index (χ0n) is 20.0. The molecule has 174 valence electrons. The number of aliphatic hydroxyl groups excluding tert-OH is 1. The van der Waals surface area contributed by atoms with Crippen LogP contribution in [-0.2, 0) is 9.53 Å². The molecule has 1 aromatic rings. The Kier molecular flexibility index (Phi) is 5.61. The monoisotopic (exact) mass is 438 g/mol. The van der Waals surface area contributed by atoms with Crippen LogP contribution in [0.5, 0.6) is 0 Å². The van der Waals surface area contributed by atoms with Gasteiger partial charge in [-0.3, -0.25) is 9.69 Å². The maximum Gasteiger partial charge on any atom is 0.311 e. The van der Waals surface area contributed by atoms with Crippen molar-refractivity contribution in [3.8, 4) is 0 Å². The maximum absolute atomic E-state index is 12.9. The van der Waals surface area contributed by atoms with Crippen LogP contribution >= 0.6 is 0 Å². The van der Waals surface area contributed by atoms with E-state index < -0.39 is 6.10 Å². The maximum atomic E-state index is 12.9. The molecule has 0 unspecified atom stereocenters. The fourth-order valence-electron chi connectivity index (χ4n) is 6.78. The molecule has 2 saturated heterocycles. The number of ether oxygens (including phenoxy) is 1. The summed E-state index contributed by atoms with van der Waals surface area (Å²) in [5.74, 6) is -0.000529. The summed E-state index contributed by atoms with van der Waals surface area (Å²) in [5, 5.41) is 11.6. The number of nitrogens with zero attached hydrogens (tertiary/aromatic N) is 2. The van der Waals surface area contributed by atoms with Crippen molar-refractivity contribution in [3.63, 3.8) is 0 Å². The van der Waals surface area contributed by atoms with Crippen molar-refractivity contribution >= 4 is 11.7 Å². The number of esters is 1. The molecule has 0 aromatic heterocycles. The van der Waals surface area contributed by atoms with E-state index in [9.17, 15) is 9.90 Å². The smallest absolute Gasteiger partial charge is 0.311 e. The van der Waals surface area contributed by atoms with Crippen molar-refractivity contribution < 1.29 is 14.6 Å². The largest absolute Gasteiger partial charge is 0.461 e. The van der Waals surface area contributed by atoms with Crippen LogP contribution in [0.15, 0.2) is 29.8 Å². The van der Waals surface area contributed by atoms with Crippen LogP contribution in [0.1, 0.15) is 44.2 Å². The Morgan fingerprint density at radius 2 is 1.94 bits per heavy atom. The van der Waals surface area contributed by atoms with Gasteiger partial charge in [0.05, 0.1) is 12.0 Å². The van der Waals surface area contributed by atoms with Gasteiger partial charge in [-0.25, -0.2) is 0 Å². The number of carbonyl (C=O) groups is 1. The first kappa shape index (κ1) is 22.0. The molecule has 6 atom stereocenters. The van der Waals surface area contributed by atoms with E-state index in [4.69, 9.17) is 4.74 Å². The van der Waals surface area contributed by atoms with Crippen molar-refractivity contribution in [1.29, 1.82) is 0 Å². The van der Waals surface area contributed by atoms with E-state index in [0.29, 0.717) is 12.5 Å². The predicted molar refractivity (Wildman–Crippen MR) is 127 cm³/mol. The molecule has 0 radical (unpaired) electrons. The average Bonchev–Trinajstić information content (AvgIpc) is 3.08. The highest BCUT2D eigenvalue weighted by Gasteiger charge is 2.59. The van der Waals surface area contributed by atoms with Gasteiger partial charge in [0.25, 0.3) is 0 Å². The molecule has 1 saturated carbocycles. The highest BCUT2D eigenvalue weighted by Crippen LogP contribution is 2.56. The Balaban J connectivity index is 1.28. The molecule has 2 aliphatic carbocycles. The zero-order valence-corrected chi connectivity index (χ0v) is 20.0. The van der Waals surface area contributed by atoms with Gasteiger partial charge in [-0.1, -0.05) is 37.6 Å². The van der Waals surface area contributed by atoms with Gasteiger partial charge in [-0.2, -0.15) is 0 Å². The molecule has 5 rings (SSSR count). The molecule has 0 spiro atoms. The van der Waals surface area contributed by atoms with Crippen LogP contribution in [0.3, 0.4) is 0 Å². The molecule has 1 N–H and O–H groups in total. The molecule has 2 aliphatic heterocycles. The third kappa shape index (κ3) is 3.49. The molecule has 5 nitrogen and oxygen atoms in total. The fourth-order valence-corrected chi connectivity index (χ4v) is 6.78. The molecule has 2 heterocycles. The molecule has 0 amide bonds. The first-order valence-corrected chi connectivity index (χ1v) is 12.4. The van der Waals surface area contributed by atoms with Gasteiger partial charge >= 0.3 is 5.97 Å². The van der Waals surface area contributed by atoms with Gasteiger partial charge in [-0.15, -0.1) is 0 Å². The van der Waals surface area contributed by atoms with Crippen LogP contribution in [0.25, 0.3) is 0 Å². The quantitative estimate of drug-likeness (QED) is 0.576. The molecule has 3 fully saturated rings. The average molecular weight is 439 g/mol. The number of piperazine rings is 1.